The molecule has 1 saturated carbocycles. The molecular formula is C22H25NO2. The summed E-state index contributed by atoms with van der Waals surface area (Å²) in [4.78, 5) is 24.4. The van der Waals surface area contributed by atoms with Crippen molar-refractivity contribution >= 4 is 17.9 Å². The summed E-state index contributed by atoms with van der Waals surface area (Å²) in [6, 6.07) is 8.66. The Morgan fingerprint density at radius 3 is 2.20 bits per heavy atom. The third kappa shape index (κ3) is 3.33. The summed E-state index contributed by atoms with van der Waals surface area (Å²) in [5.74, 6) is 0.255. The van der Waals surface area contributed by atoms with E-state index >= 15 is 0 Å². The van der Waals surface area contributed by atoms with Gasteiger partial charge >= 0.3 is 0 Å². The minimum atomic E-state index is -0.248. The average Bonchev–Trinajstić information content (AvgIpc) is 2.66. The van der Waals surface area contributed by atoms with Crippen molar-refractivity contribution in [3.05, 3.63) is 52.1 Å². The zero-order chi connectivity index (χ0) is 17.2. The summed E-state index contributed by atoms with van der Waals surface area (Å²) in [5, 5.41) is 2.51. The van der Waals surface area contributed by atoms with Gasteiger partial charge in [0.25, 0.3) is 11.8 Å². The van der Waals surface area contributed by atoms with Crippen LogP contribution in [-0.2, 0) is 9.59 Å². The Morgan fingerprint density at radius 1 is 0.800 bits per heavy atom. The molecule has 1 N–H and O–H groups in total. The highest BCUT2D eigenvalue weighted by molar-refractivity contribution is 6.18. The lowest BCUT2D eigenvalue weighted by Crippen LogP contribution is -2.39. The Labute approximate surface area is 149 Å². The Kier molecular flexibility index (Phi) is 4.56. The highest BCUT2D eigenvalue weighted by Gasteiger charge is 2.31. The maximum absolute atomic E-state index is 12.3. The molecule has 0 spiro atoms. The first-order valence-electron chi connectivity index (χ1n) is 9.62. The first-order valence-corrected chi connectivity index (χ1v) is 9.62. The monoisotopic (exact) mass is 335 g/mol. The molecule has 2 amide bonds. The lowest BCUT2D eigenvalue weighted by molar-refractivity contribution is -0.127. The molecular weight excluding hydrogens is 310 g/mol. The molecule has 0 aromatic heterocycles. The number of carbonyl (C=O) groups is 2. The zero-order valence-electron chi connectivity index (χ0n) is 14.6. The van der Waals surface area contributed by atoms with E-state index < -0.39 is 0 Å². The number of amides is 2. The van der Waals surface area contributed by atoms with Crippen molar-refractivity contribution in [3.63, 3.8) is 0 Å². The number of rotatable bonds is 2. The van der Waals surface area contributed by atoms with Gasteiger partial charge in [-0.15, -0.1) is 0 Å². The van der Waals surface area contributed by atoms with E-state index in [0.29, 0.717) is 11.5 Å². The predicted molar refractivity (Wildman–Crippen MR) is 98.9 cm³/mol. The van der Waals surface area contributed by atoms with Gasteiger partial charge in [-0.3, -0.25) is 14.9 Å². The van der Waals surface area contributed by atoms with Crippen molar-refractivity contribution in [2.75, 3.05) is 0 Å². The molecule has 0 radical (unpaired) electrons. The standard InChI is InChI=1S/C22H25NO2/c24-21-19-9-5-4-8-18(19)20(22(25)23-21)14-15-10-12-17(13-11-15)16-6-2-1-3-7-16/h10-14,16H,1-9H2,(H,23,24,25)/b20-14-. The fourth-order valence-corrected chi connectivity index (χ4v) is 4.46. The molecule has 1 heterocycles. The second kappa shape index (κ2) is 6.99. The van der Waals surface area contributed by atoms with E-state index in [1.165, 1.54) is 37.7 Å². The third-order valence-electron chi connectivity index (χ3n) is 5.86. The molecule has 1 aliphatic heterocycles. The molecule has 4 rings (SSSR count). The molecule has 2 aliphatic carbocycles. The second-order valence-electron chi connectivity index (χ2n) is 7.51. The maximum Gasteiger partial charge on any atom is 0.258 e. The second-order valence-corrected chi connectivity index (χ2v) is 7.51. The van der Waals surface area contributed by atoms with Gasteiger partial charge in [0.05, 0.1) is 0 Å². The van der Waals surface area contributed by atoms with Crippen molar-refractivity contribution in [3.8, 4) is 0 Å². The lowest BCUT2D eigenvalue weighted by atomic mass is 9.82. The summed E-state index contributed by atoms with van der Waals surface area (Å²) in [6.07, 6.45) is 12.3. The average molecular weight is 335 g/mol. The van der Waals surface area contributed by atoms with E-state index in [0.717, 1.165) is 42.4 Å². The fraction of sp³-hybridized carbons (Fsp3) is 0.455. The molecule has 0 atom stereocenters. The first kappa shape index (κ1) is 16.3. The molecule has 0 bridgehead atoms. The van der Waals surface area contributed by atoms with E-state index in [1.54, 1.807) is 0 Å². The van der Waals surface area contributed by atoms with Crippen LogP contribution in [0.1, 0.15) is 74.8 Å². The quantitative estimate of drug-likeness (QED) is 0.632. The topological polar surface area (TPSA) is 46.2 Å². The van der Waals surface area contributed by atoms with Crippen LogP contribution < -0.4 is 5.32 Å². The van der Waals surface area contributed by atoms with Crippen LogP contribution in [-0.4, -0.2) is 11.8 Å². The van der Waals surface area contributed by atoms with Crippen molar-refractivity contribution in [2.45, 2.75) is 63.7 Å². The smallest absolute Gasteiger partial charge is 0.258 e. The van der Waals surface area contributed by atoms with Crippen LogP contribution in [0.25, 0.3) is 6.08 Å². The first-order chi connectivity index (χ1) is 12.2. The molecule has 1 aromatic carbocycles. The molecule has 1 fully saturated rings. The fourth-order valence-electron chi connectivity index (χ4n) is 4.46. The number of hydrogen-bond donors (Lipinski definition) is 1. The van der Waals surface area contributed by atoms with Gasteiger partial charge in [0.1, 0.15) is 0 Å². The van der Waals surface area contributed by atoms with Crippen molar-refractivity contribution < 1.29 is 9.59 Å². The molecule has 3 nitrogen and oxygen atoms in total. The third-order valence-corrected chi connectivity index (χ3v) is 5.86. The van der Waals surface area contributed by atoms with Gasteiger partial charge in [-0.2, -0.15) is 0 Å². The van der Waals surface area contributed by atoms with Gasteiger partial charge in [-0.25, -0.2) is 0 Å². The van der Waals surface area contributed by atoms with Gasteiger partial charge in [0, 0.05) is 11.1 Å². The Morgan fingerprint density at radius 2 is 1.48 bits per heavy atom. The molecule has 3 aliphatic rings. The molecule has 25 heavy (non-hydrogen) atoms. The van der Waals surface area contributed by atoms with Crippen LogP contribution in [0.5, 0.6) is 0 Å². The minimum Gasteiger partial charge on any atom is -0.288 e. The van der Waals surface area contributed by atoms with Crippen LogP contribution in [0.15, 0.2) is 41.0 Å². The maximum atomic E-state index is 12.3. The van der Waals surface area contributed by atoms with E-state index in [4.69, 9.17) is 0 Å². The van der Waals surface area contributed by atoms with Gasteiger partial charge < -0.3 is 0 Å². The van der Waals surface area contributed by atoms with Crippen LogP contribution in [0.2, 0.25) is 0 Å². The van der Waals surface area contributed by atoms with Gasteiger partial charge in [-0.1, -0.05) is 43.5 Å². The van der Waals surface area contributed by atoms with E-state index in [2.05, 4.69) is 29.6 Å². The van der Waals surface area contributed by atoms with Gasteiger partial charge in [-0.05, 0) is 67.2 Å². The molecule has 1 aromatic rings. The summed E-state index contributed by atoms with van der Waals surface area (Å²) >= 11 is 0. The molecule has 130 valence electrons. The van der Waals surface area contributed by atoms with Crippen LogP contribution in [0, 0.1) is 0 Å². The Balaban J connectivity index is 1.62. The van der Waals surface area contributed by atoms with Crippen molar-refractivity contribution in [2.24, 2.45) is 0 Å². The Hall–Kier alpha value is -2.16. The van der Waals surface area contributed by atoms with E-state index in [-0.39, 0.29) is 11.8 Å². The summed E-state index contributed by atoms with van der Waals surface area (Å²) in [7, 11) is 0. The number of carbonyl (C=O) groups excluding carboxylic acids is 2. The SMILES string of the molecule is O=C1NC(=O)/C(=C\c2ccc(C3CCCCC3)cc2)C2=C1CCCC2. The highest BCUT2D eigenvalue weighted by Crippen LogP contribution is 2.35. The number of imide groups is 1. The molecule has 3 heteroatoms. The Bertz CT molecular complexity index is 749. The van der Waals surface area contributed by atoms with Crippen LogP contribution in [0.4, 0.5) is 0 Å². The number of nitrogens with one attached hydrogen (secondary N) is 1. The number of benzene rings is 1. The van der Waals surface area contributed by atoms with Crippen molar-refractivity contribution in [1.82, 2.24) is 5.32 Å². The molecule has 0 unspecified atom stereocenters. The summed E-state index contributed by atoms with van der Waals surface area (Å²) < 4.78 is 0. The van der Waals surface area contributed by atoms with E-state index in [1.807, 2.05) is 6.08 Å². The largest absolute Gasteiger partial charge is 0.288 e. The van der Waals surface area contributed by atoms with E-state index in [9.17, 15) is 9.59 Å². The van der Waals surface area contributed by atoms with Gasteiger partial charge in [0.15, 0.2) is 0 Å². The van der Waals surface area contributed by atoms with Gasteiger partial charge in [0.2, 0.25) is 0 Å². The molecule has 0 saturated heterocycles. The van der Waals surface area contributed by atoms with Crippen LogP contribution >= 0.6 is 0 Å². The zero-order valence-corrected chi connectivity index (χ0v) is 14.6. The summed E-state index contributed by atoms with van der Waals surface area (Å²) in [6.45, 7) is 0. The lowest BCUT2D eigenvalue weighted by Gasteiger charge is -2.26. The minimum absolute atomic E-state index is 0.190. The summed E-state index contributed by atoms with van der Waals surface area (Å²) in [5.41, 5.74) is 4.92. The van der Waals surface area contributed by atoms with Crippen molar-refractivity contribution in [1.29, 1.82) is 0 Å². The van der Waals surface area contributed by atoms with Crippen LogP contribution in [0.3, 0.4) is 0 Å². The highest BCUT2D eigenvalue weighted by atomic mass is 16.2. The predicted octanol–water partition coefficient (Wildman–Crippen LogP) is 4.64. The number of hydrogen-bond acceptors (Lipinski definition) is 2. The normalized spacial score (nSPS) is 23.6.